The van der Waals surface area contributed by atoms with Gasteiger partial charge in [-0.2, -0.15) is 0 Å². The van der Waals surface area contributed by atoms with E-state index in [9.17, 15) is 9.90 Å². The number of hydrogen-bond acceptors (Lipinski definition) is 4. The summed E-state index contributed by atoms with van der Waals surface area (Å²) in [6.07, 6.45) is -0.974. The fraction of sp³-hybridized carbons (Fsp3) is 0.429. The first-order valence-corrected chi connectivity index (χ1v) is 3.41. The van der Waals surface area contributed by atoms with E-state index in [-0.39, 0.29) is 17.7 Å². The zero-order valence-electron chi connectivity index (χ0n) is 6.48. The third-order valence-electron chi connectivity index (χ3n) is 1.91. The van der Waals surface area contributed by atoms with Crippen LogP contribution in [0.25, 0.3) is 0 Å². The van der Waals surface area contributed by atoms with Crippen LogP contribution in [0.15, 0.2) is 16.3 Å². The summed E-state index contributed by atoms with van der Waals surface area (Å²) in [5.41, 5.74) is 0.500. The van der Waals surface area contributed by atoms with E-state index in [0.717, 1.165) is 0 Å². The SMILES string of the molecule is CC1=C(C(=O)O)C(O)C/C1=N\O. The molecule has 0 amide bonds. The Kier molecular flexibility index (Phi) is 2.14. The highest BCUT2D eigenvalue weighted by molar-refractivity contribution is 6.10. The maximum absolute atomic E-state index is 10.5. The van der Waals surface area contributed by atoms with Crippen LogP contribution in [0.1, 0.15) is 13.3 Å². The minimum absolute atomic E-state index is 0.0734. The molecule has 5 nitrogen and oxygen atoms in total. The van der Waals surface area contributed by atoms with Crippen LogP contribution in [0.2, 0.25) is 0 Å². The highest BCUT2D eigenvalue weighted by Gasteiger charge is 2.31. The number of aliphatic carboxylic acids is 1. The summed E-state index contributed by atoms with van der Waals surface area (Å²) in [7, 11) is 0. The van der Waals surface area contributed by atoms with Crippen LogP contribution in [-0.4, -0.2) is 33.2 Å². The van der Waals surface area contributed by atoms with Gasteiger partial charge < -0.3 is 15.4 Å². The quantitative estimate of drug-likeness (QED) is 0.382. The van der Waals surface area contributed by atoms with Crippen molar-refractivity contribution in [2.45, 2.75) is 19.4 Å². The summed E-state index contributed by atoms with van der Waals surface area (Å²) >= 11 is 0. The van der Waals surface area contributed by atoms with E-state index in [1.807, 2.05) is 0 Å². The van der Waals surface area contributed by atoms with Crippen LogP contribution >= 0.6 is 0 Å². The first kappa shape index (κ1) is 8.73. The number of aliphatic hydroxyl groups excluding tert-OH is 1. The number of oxime groups is 1. The third kappa shape index (κ3) is 1.18. The molecule has 1 atom stereocenters. The molecule has 0 aromatic rings. The number of hydrogen-bond donors (Lipinski definition) is 3. The second-order valence-electron chi connectivity index (χ2n) is 2.61. The molecule has 0 bridgehead atoms. The van der Waals surface area contributed by atoms with Gasteiger partial charge in [0.05, 0.1) is 17.4 Å². The molecule has 0 fully saturated rings. The number of carboxylic acid groups (broad SMARTS) is 1. The van der Waals surface area contributed by atoms with Crippen LogP contribution in [0, 0.1) is 0 Å². The molecular weight excluding hydrogens is 162 g/mol. The molecule has 1 unspecified atom stereocenters. The lowest BCUT2D eigenvalue weighted by molar-refractivity contribution is -0.133. The van der Waals surface area contributed by atoms with Gasteiger partial charge in [0.2, 0.25) is 0 Å². The molecule has 66 valence electrons. The Morgan fingerprint density at radius 2 is 2.25 bits per heavy atom. The first-order chi connectivity index (χ1) is 5.57. The number of aliphatic hydroxyl groups is 1. The predicted octanol–water partition coefficient (Wildman–Crippen LogP) is -0.0177. The lowest BCUT2D eigenvalue weighted by Gasteiger charge is -2.00. The van der Waals surface area contributed by atoms with Crippen molar-refractivity contribution in [2.75, 3.05) is 0 Å². The second kappa shape index (κ2) is 2.94. The van der Waals surface area contributed by atoms with Gasteiger partial charge in [-0.3, -0.25) is 0 Å². The van der Waals surface area contributed by atoms with Gasteiger partial charge in [-0.1, -0.05) is 5.16 Å². The molecule has 0 saturated carbocycles. The molecule has 0 saturated heterocycles. The van der Waals surface area contributed by atoms with E-state index in [2.05, 4.69) is 5.16 Å². The monoisotopic (exact) mass is 171 g/mol. The van der Waals surface area contributed by atoms with E-state index < -0.39 is 12.1 Å². The van der Waals surface area contributed by atoms with E-state index in [1.165, 1.54) is 6.92 Å². The Morgan fingerprint density at radius 3 is 2.50 bits per heavy atom. The molecule has 0 spiro atoms. The number of allylic oxidation sites excluding steroid dienone is 1. The predicted molar refractivity (Wildman–Crippen MR) is 40.2 cm³/mol. The average Bonchev–Trinajstić information content (AvgIpc) is 2.25. The zero-order chi connectivity index (χ0) is 9.30. The fourth-order valence-corrected chi connectivity index (χ4v) is 1.26. The summed E-state index contributed by atoms with van der Waals surface area (Å²) in [6.45, 7) is 1.51. The molecule has 1 aliphatic rings. The molecule has 3 N–H and O–H groups in total. The van der Waals surface area contributed by atoms with Gasteiger partial charge in [-0.25, -0.2) is 4.79 Å². The molecule has 0 heterocycles. The third-order valence-corrected chi connectivity index (χ3v) is 1.91. The summed E-state index contributed by atoms with van der Waals surface area (Å²) in [5.74, 6) is -1.17. The van der Waals surface area contributed by atoms with E-state index >= 15 is 0 Å². The minimum atomic E-state index is -1.17. The minimum Gasteiger partial charge on any atom is -0.478 e. The van der Waals surface area contributed by atoms with Crippen LogP contribution in [0.5, 0.6) is 0 Å². The maximum Gasteiger partial charge on any atom is 0.334 e. The van der Waals surface area contributed by atoms with Crippen molar-refractivity contribution in [2.24, 2.45) is 5.16 Å². The zero-order valence-corrected chi connectivity index (χ0v) is 6.48. The van der Waals surface area contributed by atoms with Crippen LogP contribution in [0.3, 0.4) is 0 Å². The Morgan fingerprint density at radius 1 is 1.67 bits per heavy atom. The van der Waals surface area contributed by atoms with Crippen LogP contribution in [0.4, 0.5) is 0 Å². The highest BCUT2D eigenvalue weighted by Crippen LogP contribution is 2.24. The summed E-state index contributed by atoms with van der Waals surface area (Å²) in [6, 6.07) is 0. The van der Waals surface area contributed by atoms with Gasteiger partial charge in [0, 0.05) is 6.42 Å². The Labute approximate surface area is 68.6 Å². The smallest absolute Gasteiger partial charge is 0.334 e. The van der Waals surface area contributed by atoms with Crippen molar-refractivity contribution in [1.82, 2.24) is 0 Å². The summed E-state index contributed by atoms with van der Waals surface area (Å²) in [4.78, 5) is 10.5. The summed E-state index contributed by atoms with van der Waals surface area (Å²) < 4.78 is 0. The Hall–Kier alpha value is -1.36. The maximum atomic E-state index is 10.5. The molecule has 12 heavy (non-hydrogen) atoms. The normalized spacial score (nSPS) is 26.8. The van der Waals surface area contributed by atoms with E-state index in [1.54, 1.807) is 0 Å². The van der Waals surface area contributed by atoms with Gasteiger partial charge in [0.1, 0.15) is 0 Å². The topological polar surface area (TPSA) is 90.1 Å². The summed E-state index contributed by atoms with van der Waals surface area (Å²) in [5, 5.41) is 29.1. The number of rotatable bonds is 1. The van der Waals surface area contributed by atoms with Gasteiger partial charge in [-0.05, 0) is 12.5 Å². The van der Waals surface area contributed by atoms with Crippen LogP contribution in [-0.2, 0) is 4.79 Å². The van der Waals surface area contributed by atoms with Crippen molar-refractivity contribution < 1.29 is 20.2 Å². The van der Waals surface area contributed by atoms with Crippen molar-refractivity contribution in [3.63, 3.8) is 0 Å². The molecule has 0 aromatic heterocycles. The average molecular weight is 171 g/mol. The van der Waals surface area contributed by atoms with E-state index in [4.69, 9.17) is 10.3 Å². The van der Waals surface area contributed by atoms with Crippen LogP contribution < -0.4 is 0 Å². The first-order valence-electron chi connectivity index (χ1n) is 3.41. The number of carboxylic acids is 1. The molecule has 1 aliphatic carbocycles. The highest BCUT2D eigenvalue weighted by atomic mass is 16.4. The molecule has 0 aliphatic heterocycles. The van der Waals surface area contributed by atoms with Crippen molar-refractivity contribution in [3.05, 3.63) is 11.1 Å². The van der Waals surface area contributed by atoms with Gasteiger partial charge in [0.15, 0.2) is 0 Å². The molecule has 5 heteroatoms. The Bertz CT molecular complexity index is 279. The van der Waals surface area contributed by atoms with Crippen molar-refractivity contribution in [1.29, 1.82) is 0 Å². The van der Waals surface area contributed by atoms with Crippen molar-refractivity contribution >= 4 is 11.7 Å². The lowest BCUT2D eigenvalue weighted by atomic mass is 10.1. The van der Waals surface area contributed by atoms with E-state index in [0.29, 0.717) is 5.57 Å². The van der Waals surface area contributed by atoms with Gasteiger partial charge in [0.25, 0.3) is 0 Å². The molecular formula is C7H9NO4. The number of nitrogens with zero attached hydrogens (tertiary/aromatic N) is 1. The Balaban J connectivity index is 3.10. The van der Waals surface area contributed by atoms with Gasteiger partial charge >= 0.3 is 5.97 Å². The lowest BCUT2D eigenvalue weighted by Crippen LogP contribution is -2.13. The molecule has 0 aromatic carbocycles. The van der Waals surface area contributed by atoms with Gasteiger partial charge in [-0.15, -0.1) is 0 Å². The number of carbonyl (C=O) groups is 1. The fourth-order valence-electron chi connectivity index (χ4n) is 1.26. The standard InChI is InChI=1S/C7H9NO4/c1-3-4(8-12)2-5(9)6(3)7(10)11/h5,9,12H,2H2,1H3,(H,10,11)/b8-4+. The largest absolute Gasteiger partial charge is 0.478 e. The second-order valence-corrected chi connectivity index (χ2v) is 2.61. The molecule has 1 rings (SSSR count). The molecule has 0 radical (unpaired) electrons. The van der Waals surface area contributed by atoms with Crippen molar-refractivity contribution in [3.8, 4) is 0 Å².